The van der Waals surface area contributed by atoms with E-state index >= 15 is 0 Å². The van der Waals surface area contributed by atoms with Crippen LogP contribution >= 0.6 is 15.9 Å². The SMILES string of the molecule is Cc1cc(Br)ccc1NC(=O)COC(=O)c1cccc(N2C(=O)[C@H]3C[C@H](C)CC[C@H]3C2=O)c1. The minimum absolute atomic E-state index is 0.170. The third-order valence-corrected chi connectivity index (χ3v) is 6.82. The minimum atomic E-state index is -0.704. The fourth-order valence-corrected chi connectivity index (χ4v) is 5.06. The highest BCUT2D eigenvalue weighted by Gasteiger charge is 2.50. The number of amides is 3. The van der Waals surface area contributed by atoms with Crippen LogP contribution in [0.4, 0.5) is 11.4 Å². The standard InChI is InChI=1S/C25H25BrN2O5/c1-14-6-8-19-20(10-14)24(31)28(23(19)30)18-5-3-4-16(12-18)25(32)33-13-22(29)27-21-9-7-17(26)11-15(21)2/h3-5,7,9,11-12,14,19-20H,6,8,10,13H2,1-2H3,(H,27,29)/t14-,19-,20+/m1/s1. The summed E-state index contributed by atoms with van der Waals surface area (Å²) in [5.41, 5.74) is 2.02. The molecular formula is C25H25BrN2O5. The molecule has 1 aliphatic carbocycles. The topological polar surface area (TPSA) is 92.8 Å². The number of halogens is 1. The van der Waals surface area contributed by atoms with Crippen LogP contribution in [0.15, 0.2) is 46.9 Å². The highest BCUT2D eigenvalue weighted by Crippen LogP contribution is 2.42. The molecule has 8 heteroatoms. The number of aryl methyl sites for hydroxylation is 1. The number of carbonyl (C=O) groups excluding carboxylic acids is 4. The maximum Gasteiger partial charge on any atom is 0.338 e. The number of nitrogens with one attached hydrogen (secondary N) is 1. The molecule has 4 rings (SSSR count). The van der Waals surface area contributed by atoms with Gasteiger partial charge in [-0.15, -0.1) is 0 Å². The Morgan fingerprint density at radius 2 is 1.85 bits per heavy atom. The Bertz CT molecular complexity index is 1130. The highest BCUT2D eigenvalue weighted by atomic mass is 79.9. The van der Waals surface area contributed by atoms with E-state index in [0.717, 1.165) is 16.5 Å². The van der Waals surface area contributed by atoms with Gasteiger partial charge in [0, 0.05) is 10.2 Å². The van der Waals surface area contributed by atoms with Gasteiger partial charge < -0.3 is 10.1 Å². The number of rotatable bonds is 5. The zero-order valence-corrected chi connectivity index (χ0v) is 20.1. The van der Waals surface area contributed by atoms with Crippen molar-refractivity contribution >= 4 is 51.0 Å². The first-order valence-electron chi connectivity index (χ1n) is 11.0. The summed E-state index contributed by atoms with van der Waals surface area (Å²) in [5, 5.41) is 2.71. The van der Waals surface area contributed by atoms with E-state index in [1.165, 1.54) is 17.0 Å². The van der Waals surface area contributed by atoms with Crippen LogP contribution in [-0.4, -0.2) is 30.3 Å². The molecule has 3 atom stereocenters. The summed E-state index contributed by atoms with van der Waals surface area (Å²) >= 11 is 3.37. The van der Waals surface area contributed by atoms with Gasteiger partial charge in [0.25, 0.3) is 5.91 Å². The molecule has 2 aliphatic rings. The molecule has 7 nitrogen and oxygen atoms in total. The summed E-state index contributed by atoms with van der Waals surface area (Å²) in [4.78, 5) is 51.8. The minimum Gasteiger partial charge on any atom is -0.452 e. The molecule has 0 bridgehead atoms. The number of imide groups is 1. The van der Waals surface area contributed by atoms with Gasteiger partial charge in [0.2, 0.25) is 11.8 Å². The van der Waals surface area contributed by atoms with E-state index in [4.69, 9.17) is 4.74 Å². The maximum atomic E-state index is 12.9. The number of nitrogens with zero attached hydrogens (tertiary/aromatic N) is 1. The normalized spacial score (nSPS) is 22.2. The molecule has 33 heavy (non-hydrogen) atoms. The molecule has 2 aromatic rings. The number of benzene rings is 2. The first kappa shape index (κ1) is 23.2. The summed E-state index contributed by atoms with van der Waals surface area (Å²) in [7, 11) is 0. The number of anilines is 2. The number of ether oxygens (including phenoxy) is 1. The number of esters is 1. The van der Waals surface area contributed by atoms with Gasteiger partial charge in [-0.3, -0.25) is 19.3 Å². The molecule has 2 fully saturated rings. The molecule has 1 saturated heterocycles. The van der Waals surface area contributed by atoms with Crippen LogP contribution in [0.25, 0.3) is 0 Å². The lowest BCUT2D eigenvalue weighted by Crippen LogP contribution is -2.31. The molecule has 1 aliphatic heterocycles. The summed E-state index contributed by atoms with van der Waals surface area (Å²) in [6, 6.07) is 11.7. The van der Waals surface area contributed by atoms with E-state index in [1.807, 2.05) is 13.0 Å². The predicted molar refractivity (Wildman–Crippen MR) is 127 cm³/mol. The van der Waals surface area contributed by atoms with Crippen LogP contribution in [0.1, 0.15) is 42.1 Å². The van der Waals surface area contributed by atoms with Gasteiger partial charge in [0.05, 0.1) is 23.1 Å². The Morgan fingerprint density at radius 1 is 1.09 bits per heavy atom. The molecule has 0 radical (unpaired) electrons. The first-order chi connectivity index (χ1) is 15.7. The van der Waals surface area contributed by atoms with Crippen LogP contribution in [0, 0.1) is 24.7 Å². The second-order valence-electron chi connectivity index (χ2n) is 8.78. The zero-order valence-electron chi connectivity index (χ0n) is 18.5. The van der Waals surface area contributed by atoms with E-state index in [9.17, 15) is 19.2 Å². The van der Waals surface area contributed by atoms with Crippen molar-refractivity contribution < 1.29 is 23.9 Å². The quantitative estimate of drug-likeness (QED) is 0.470. The molecule has 0 spiro atoms. The molecule has 3 amide bonds. The van der Waals surface area contributed by atoms with Gasteiger partial charge >= 0.3 is 5.97 Å². The molecule has 1 heterocycles. The van der Waals surface area contributed by atoms with E-state index in [2.05, 4.69) is 28.2 Å². The molecule has 2 aromatic carbocycles. The Labute approximate surface area is 200 Å². The second-order valence-corrected chi connectivity index (χ2v) is 9.69. The van der Waals surface area contributed by atoms with Crippen LogP contribution in [0.3, 0.4) is 0 Å². The van der Waals surface area contributed by atoms with Gasteiger partial charge in [0.15, 0.2) is 6.61 Å². The van der Waals surface area contributed by atoms with Gasteiger partial charge in [-0.2, -0.15) is 0 Å². The van der Waals surface area contributed by atoms with E-state index in [1.54, 1.807) is 24.3 Å². The lowest BCUT2D eigenvalue weighted by atomic mass is 9.76. The van der Waals surface area contributed by atoms with Crippen molar-refractivity contribution in [3.63, 3.8) is 0 Å². The van der Waals surface area contributed by atoms with Crippen molar-refractivity contribution in [2.75, 3.05) is 16.8 Å². The largest absolute Gasteiger partial charge is 0.452 e. The van der Waals surface area contributed by atoms with Crippen molar-refractivity contribution in [3.05, 3.63) is 58.1 Å². The third kappa shape index (κ3) is 4.85. The van der Waals surface area contributed by atoms with Gasteiger partial charge in [0.1, 0.15) is 0 Å². The Kier molecular flexibility index (Phi) is 6.65. The number of hydrogen-bond acceptors (Lipinski definition) is 5. The smallest absolute Gasteiger partial charge is 0.338 e. The number of carbonyl (C=O) groups is 4. The summed E-state index contributed by atoms with van der Waals surface area (Å²) < 4.78 is 6.05. The van der Waals surface area contributed by atoms with Gasteiger partial charge in [-0.05, 0) is 74.1 Å². The van der Waals surface area contributed by atoms with Crippen molar-refractivity contribution in [1.29, 1.82) is 0 Å². The maximum absolute atomic E-state index is 12.9. The average Bonchev–Trinajstić information content (AvgIpc) is 3.03. The molecule has 172 valence electrons. The Hall–Kier alpha value is -3.00. The number of hydrogen-bond donors (Lipinski definition) is 1. The van der Waals surface area contributed by atoms with Crippen molar-refractivity contribution in [1.82, 2.24) is 0 Å². The summed E-state index contributed by atoms with van der Waals surface area (Å²) in [6.45, 7) is 3.50. The molecule has 0 unspecified atom stereocenters. The van der Waals surface area contributed by atoms with Gasteiger partial charge in [-0.1, -0.05) is 28.9 Å². The lowest BCUT2D eigenvalue weighted by molar-refractivity contribution is -0.122. The van der Waals surface area contributed by atoms with Crippen LogP contribution in [0.2, 0.25) is 0 Å². The number of fused-ring (bicyclic) bond motifs is 1. The third-order valence-electron chi connectivity index (χ3n) is 6.32. The second kappa shape index (κ2) is 9.47. The Morgan fingerprint density at radius 3 is 2.61 bits per heavy atom. The predicted octanol–water partition coefficient (Wildman–Crippen LogP) is 4.48. The van der Waals surface area contributed by atoms with Crippen LogP contribution in [-0.2, 0) is 19.1 Å². The average molecular weight is 513 g/mol. The molecule has 0 aromatic heterocycles. The van der Waals surface area contributed by atoms with E-state index in [-0.39, 0.29) is 29.2 Å². The van der Waals surface area contributed by atoms with Gasteiger partial charge in [-0.25, -0.2) is 4.79 Å². The van der Waals surface area contributed by atoms with Crippen LogP contribution in [0.5, 0.6) is 0 Å². The lowest BCUT2D eigenvalue weighted by Gasteiger charge is -2.25. The van der Waals surface area contributed by atoms with E-state index < -0.39 is 18.5 Å². The van der Waals surface area contributed by atoms with Crippen molar-refractivity contribution in [3.8, 4) is 0 Å². The monoisotopic (exact) mass is 512 g/mol. The highest BCUT2D eigenvalue weighted by molar-refractivity contribution is 9.10. The molecule has 1 saturated carbocycles. The Balaban J connectivity index is 1.41. The molecule has 1 N–H and O–H groups in total. The fraction of sp³-hybridized carbons (Fsp3) is 0.360. The van der Waals surface area contributed by atoms with Crippen molar-refractivity contribution in [2.24, 2.45) is 17.8 Å². The van der Waals surface area contributed by atoms with Crippen molar-refractivity contribution in [2.45, 2.75) is 33.1 Å². The fourth-order valence-electron chi connectivity index (χ4n) is 4.58. The zero-order chi connectivity index (χ0) is 23.7. The summed E-state index contributed by atoms with van der Waals surface area (Å²) in [6.07, 6.45) is 2.35. The summed E-state index contributed by atoms with van der Waals surface area (Å²) in [5.74, 6) is -1.73. The first-order valence-corrected chi connectivity index (χ1v) is 11.7. The van der Waals surface area contributed by atoms with Crippen LogP contribution < -0.4 is 10.2 Å². The van der Waals surface area contributed by atoms with E-state index in [0.29, 0.717) is 30.1 Å². The molecular weight excluding hydrogens is 488 g/mol.